The van der Waals surface area contributed by atoms with Crippen LogP contribution >= 0.6 is 23.1 Å². The number of carbonyl (C=O) groups is 2. The van der Waals surface area contributed by atoms with Gasteiger partial charge < -0.3 is 15.7 Å². The van der Waals surface area contributed by atoms with Crippen molar-refractivity contribution in [3.63, 3.8) is 0 Å². The van der Waals surface area contributed by atoms with E-state index >= 15 is 0 Å². The lowest BCUT2D eigenvalue weighted by atomic mass is 10.2. The lowest BCUT2D eigenvalue weighted by Gasteiger charge is -2.14. The van der Waals surface area contributed by atoms with E-state index in [9.17, 15) is 9.59 Å². The minimum atomic E-state index is -1.01. The fraction of sp³-hybridized carbons (Fsp3) is 0.400. The molecular weight excluding hydrogens is 260 g/mol. The number of aliphatic carboxylic acids is 1. The third kappa shape index (κ3) is 5.10. The van der Waals surface area contributed by atoms with Crippen LogP contribution in [0, 0.1) is 0 Å². The summed E-state index contributed by atoms with van der Waals surface area (Å²) in [6.45, 7) is 0. The van der Waals surface area contributed by atoms with Gasteiger partial charge in [0.05, 0.1) is 5.69 Å². The summed E-state index contributed by atoms with van der Waals surface area (Å²) in [6, 6.07) is 0.417. The second-order valence-electron chi connectivity index (χ2n) is 3.28. The van der Waals surface area contributed by atoms with Gasteiger partial charge in [0.15, 0.2) is 0 Å². The number of hydrogen-bond donors (Lipinski definition) is 3. The van der Waals surface area contributed by atoms with Gasteiger partial charge in [0.2, 0.25) is 0 Å². The molecule has 0 aliphatic rings. The van der Waals surface area contributed by atoms with Gasteiger partial charge in [0, 0.05) is 5.38 Å². The predicted molar refractivity (Wildman–Crippen MR) is 70.9 cm³/mol. The Labute approximate surface area is 108 Å². The number of rotatable bonds is 6. The second-order valence-corrected chi connectivity index (χ2v) is 5.05. The molecule has 0 aliphatic carbocycles. The lowest BCUT2D eigenvalue weighted by Crippen LogP contribution is -2.43. The summed E-state index contributed by atoms with van der Waals surface area (Å²) < 4.78 is 0. The van der Waals surface area contributed by atoms with Crippen LogP contribution in [0.3, 0.4) is 0 Å². The highest BCUT2D eigenvalue weighted by molar-refractivity contribution is 7.98. The molecule has 1 heterocycles. The molecule has 0 fully saturated rings. The van der Waals surface area contributed by atoms with Crippen LogP contribution in [0.1, 0.15) is 6.42 Å². The number of hydrogen-bond acceptors (Lipinski definition) is 4. The van der Waals surface area contributed by atoms with Crippen LogP contribution in [0.25, 0.3) is 0 Å². The van der Waals surface area contributed by atoms with E-state index in [0.29, 0.717) is 17.9 Å². The van der Waals surface area contributed by atoms with E-state index in [1.54, 1.807) is 23.2 Å². The number of carboxylic acids is 1. The minimum absolute atomic E-state index is 0.410. The summed E-state index contributed by atoms with van der Waals surface area (Å²) in [5.41, 5.74) is 0.668. The quantitative estimate of drug-likeness (QED) is 0.742. The van der Waals surface area contributed by atoms with Gasteiger partial charge in [-0.25, -0.2) is 9.59 Å². The molecule has 1 aromatic heterocycles. The van der Waals surface area contributed by atoms with E-state index in [4.69, 9.17) is 5.11 Å². The first-order chi connectivity index (χ1) is 8.13. The molecule has 94 valence electrons. The number of thiophene rings is 1. The second kappa shape index (κ2) is 7.18. The Morgan fingerprint density at radius 3 is 2.88 bits per heavy atom. The molecule has 1 rings (SSSR count). The number of thioether (sulfide) groups is 1. The molecule has 0 spiro atoms. The average molecular weight is 274 g/mol. The first kappa shape index (κ1) is 13.9. The standard InChI is InChI=1S/C10H14N2O3S2/c1-16-4-3-8(9(13)14)12-10(15)11-7-2-5-17-6-7/h2,5-6,8H,3-4H2,1H3,(H,13,14)(H2,11,12,15). The van der Waals surface area contributed by atoms with E-state index < -0.39 is 18.0 Å². The first-order valence-electron chi connectivity index (χ1n) is 4.95. The highest BCUT2D eigenvalue weighted by Crippen LogP contribution is 2.11. The van der Waals surface area contributed by atoms with Crippen LogP contribution in [-0.4, -0.2) is 35.2 Å². The maximum Gasteiger partial charge on any atom is 0.326 e. The number of nitrogens with one attached hydrogen (secondary N) is 2. The molecule has 0 saturated carbocycles. The van der Waals surface area contributed by atoms with Gasteiger partial charge >= 0.3 is 12.0 Å². The van der Waals surface area contributed by atoms with Crippen LogP contribution < -0.4 is 10.6 Å². The average Bonchev–Trinajstić information content (AvgIpc) is 2.76. The molecule has 0 aromatic carbocycles. The zero-order valence-corrected chi connectivity index (χ0v) is 10.9. The highest BCUT2D eigenvalue weighted by atomic mass is 32.2. The number of amides is 2. The van der Waals surface area contributed by atoms with E-state index in [-0.39, 0.29) is 0 Å². The normalized spacial score (nSPS) is 11.8. The molecule has 0 aliphatic heterocycles. The molecule has 7 heteroatoms. The van der Waals surface area contributed by atoms with Crippen molar-refractivity contribution in [1.29, 1.82) is 0 Å². The van der Waals surface area contributed by atoms with Crippen LogP contribution in [0.5, 0.6) is 0 Å². The molecule has 17 heavy (non-hydrogen) atoms. The summed E-state index contributed by atoms with van der Waals surface area (Å²) in [7, 11) is 0. The van der Waals surface area contributed by atoms with E-state index in [1.807, 2.05) is 11.6 Å². The third-order valence-electron chi connectivity index (χ3n) is 1.99. The molecule has 1 unspecified atom stereocenters. The fourth-order valence-corrected chi connectivity index (χ4v) is 2.21. The summed E-state index contributed by atoms with van der Waals surface area (Å²) in [5.74, 6) is -0.324. The molecule has 5 nitrogen and oxygen atoms in total. The van der Waals surface area contributed by atoms with Crippen molar-refractivity contribution in [2.45, 2.75) is 12.5 Å². The molecular formula is C10H14N2O3S2. The number of carboxylic acid groups (broad SMARTS) is 1. The van der Waals surface area contributed by atoms with Crippen molar-refractivity contribution in [2.75, 3.05) is 17.3 Å². The van der Waals surface area contributed by atoms with E-state index in [1.165, 1.54) is 11.3 Å². The SMILES string of the molecule is CSCCC(NC(=O)Nc1ccsc1)C(=O)O. The molecule has 0 bridgehead atoms. The van der Waals surface area contributed by atoms with Crippen molar-refractivity contribution >= 4 is 40.8 Å². The molecule has 2 amide bonds. The van der Waals surface area contributed by atoms with Crippen LogP contribution in [0.15, 0.2) is 16.8 Å². The van der Waals surface area contributed by atoms with Gasteiger partial charge in [-0.1, -0.05) is 0 Å². The smallest absolute Gasteiger partial charge is 0.326 e. The Morgan fingerprint density at radius 2 is 2.35 bits per heavy atom. The summed E-state index contributed by atoms with van der Waals surface area (Å²) in [5, 5.41) is 17.5. The Morgan fingerprint density at radius 1 is 1.59 bits per heavy atom. The maximum absolute atomic E-state index is 11.5. The van der Waals surface area contributed by atoms with Gasteiger partial charge in [-0.05, 0) is 29.9 Å². The zero-order valence-electron chi connectivity index (χ0n) is 9.30. The van der Waals surface area contributed by atoms with Crippen LogP contribution in [0.4, 0.5) is 10.5 Å². The van der Waals surface area contributed by atoms with Crippen molar-refractivity contribution in [2.24, 2.45) is 0 Å². The Hall–Kier alpha value is -1.21. The Bertz CT molecular complexity index is 368. The van der Waals surface area contributed by atoms with Gasteiger partial charge in [-0.15, -0.1) is 0 Å². The zero-order chi connectivity index (χ0) is 12.7. The van der Waals surface area contributed by atoms with Crippen molar-refractivity contribution in [1.82, 2.24) is 5.32 Å². The van der Waals surface area contributed by atoms with Crippen LogP contribution in [-0.2, 0) is 4.79 Å². The largest absolute Gasteiger partial charge is 0.480 e. The lowest BCUT2D eigenvalue weighted by molar-refractivity contribution is -0.139. The molecule has 1 aromatic rings. The van der Waals surface area contributed by atoms with Crippen molar-refractivity contribution in [3.8, 4) is 0 Å². The van der Waals surface area contributed by atoms with E-state index in [0.717, 1.165) is 0 Å². The molecule has 3 N–H and O–H groups in total. The summed E-state index contributed by atoms with van der Waals surface area (Å²) in [4.78, 5) is 22.4. The molecule has 0 saturated heterocycles. The molecule has 1 atom stereocenters. The fourth-order valence-electron chi connectivity index (χ4n) is 1.15. The minimum Gasteiger partial charge on any atom is -0.480 e. The first-order valence-corrected chi connectivity index (χ1v) is 7.28. The van der Waals surface area contributed by atoms with Crippen molar-refractivity contribution in [3.05, 3.63) is 16.8 Å². The maximum atomic E-state index is 11.5. The summed E-state index contributed by atoms with van der Waals surface area (Å²) in [6.07, 6.45) is 2.30. The number of carbonyl (C=O) groups excluding carboxylic acids is 1. The topological polar surface area (TPSA) is 78.4 Å². The van der Waals surface area contributed by atoms with Gasteiger partial charge in [-0.3, -0.25) is 0 Å². The Balaban J connectivity index is 2.43. The van der Waals surface area contributed by atoms with Crippen molar-refractivity contribution < 1.29 is 14.7 Å². The predicted octanol–water partition coefficient (Wildman–Crippen LogP) is 2.08. The van der Waals surface area contributed by atoms with E-state index in [2.05, 4.69) is 10.6 Å². The van der Waals surface area contributed by atoms with Gasteiger partial charge in [-0.2, -0.15) is 23.1 Å². The number of anilines is 1. The highest BCUT2D eigenvalue weighted by Gasteiger charge is 2.19. The monoisotopic (exact) mass is 274 g/mol. The summed E-state index contributed by atoms with van der Waals surface area (Å²) >= 11 is 3.00. The number of urea groups is 1. The molecule has 0 radical (unpaired) electrons. The third-order valence-corrected chi connectivity index (χ3v) is 3.32. The van der Waals surface area contributed by atoms with Gasteiger partial charge in [0.1, 0.15) is 6.04 Å². The van der Waals surface area contributed by atoms with Gasteiger partial charge in [0.25, 0.3) is 0 Å². The van der Waals surface area contributed by atoms with Crippen LogP contribution in [0.2, 0.25) is 0 Å². The Kier molecular flexibility index (Phi) is 5.85.